The molecule has 0 aromatic heterocycles. The van der Waals surface area contributed by atoms with Crippen molar-refractivity contribution in [2.24, 2.45) is 0 Å². The van der Waals surface area contributed by atoms with Gasteiger partial charge < -0.3 is 0 Å². The summed E-state index contributed by atoms with van der Waals surface area (Å²) in [5, 5.41) is 0. The molecule has 0 unspecified atom stereocenters. The minimum Gasteiger partial charge on any atom is -0.102 e. The Bertz CT molecular complexity index is 139. The molecule has 0 amide bonds. The molecule has 0 N–H and O–H groups in total. The number of halogens is 2. The molecule has 0 spiro atoms. The van der Waals surface area contributed by atoms with E-state index in [1.54, 1.807) is 0 Å². The van der Waals surface area contributed by atoms with E-state index in [1.807, 2.05) is 0 Å². The van der Waals surface area contributed by atoms with E-state index in [-0.39, 0.29) is 0 Å². The fourth-order valence-electron chi connectivity index (χ4n) is 2.10. The minimum absolute atomic E-state index is 0.460. The van der Waals surface area contributed by atoms with Gasteiger partial charge in [-0.3, -0.25) is 0 Å². The molecule has 0 bridgehead atoms. The zero-order valence-electron chi connectivity index (χ0n) is 11.7. The molecule has 2 heteroatoms. The van der Waals surface area contributed by atoms with Gasteiger partial charge in [0.2, 0.25) is 0 Å². The third kappa shape index (κ3) is 12.8. The lowest BCUT2D eigenvalue weighted by Gasteiger charge is -2.19. The van der Waals surface area contributed by atoms with Crippen LogP contribution >= 0.6 is 23.2 Å². The molecule has 0 fully saturated rings. The molecule has 0 rings (SSSR count). The molecule has 0 saturated carbocycles. The number of hydrogen-bond donors (Lipinski definition) is 0. The van der Waals surface area contributed by atoms with E-state index in [0.717, 1.165) is 12.8 Å². The molecule has 0 atom stereocenters. The first-order valence-electron chi connectivity index (χ1n) is 7.50. The van der Waals surface area contributed by atoms with E-state index in [1.165, 1.54) is 64.2 Å². The van der Waals surface area contributed by atoms with Crippen LogP contribution in [0, 0.1) is 0 Å². The van der Waals surface area contributed by atoms with Crippen molar-refractivity contribution in [1.29, 1.82) is 0 Å². The van der Waals surface area contributed by atoms with Gasteiger partial charge in [-0.25, -0.2) is 0 Å². The molecule has 0 heterocycles. The Hall–Kier alpha value is 0.580. The van der Waals surface area contributed by atoms with Crippen LogP contribution < -0.4 is 0 Å². The summed E-state index contributed by atoms with van der Waals surface area (Å²) in [7, 11) is 0. The van der Waals surface area contributed by atoms with E-state index in [0.29, 0.717) is 0 Å². The van der Waals surface area contributed by atoms with Crippen LogP contribution in [0.5, 0.6) is 0 Å². The van der Waals surface area contributed by atoms with Crippen LogP contribution in [0.3, 0.4) is 0 Å². The summed E-state index contributed by atoms with van der Waals surface area (Å²) in [4.78, 5) is 0. The van der Waals surface area contributed by atoms with E-state index in [9.17, 15) is 0 Å². The van der Waals surface area contributed by atoms with Crippen molar-refractivity contribution < 1.29 is 0 Å². The summed E-state index contributed by atoms with van der Waals surface area (Å²) in [6.45, 7) is 4.48. The Morgan fingerprint density at radius 3 is 1.29 bits per heavy atom. The Morgan fingerprint density at radius 1 is 0.588 bits per heavy atom. The van der Waals surface area contributed by atoms with Crippen LogP contribution in [0.2, 0.25) is 0 Å². The van der Waals surface area contributed by atoms with E-state index < -0.39 is 4.33 Å². The zero-order chi connectivity index (χ0) is 13.0. The van der Waals surface area contributed by atoms with Gasteiger partial charge in [-0.05, 0) is 12.8 Å². The lowest BCUT2D eigenvalue weighted by molar-refractivity contribution is 0.522. The largest absolute Gasteiger partial charge is 0.118 e. The zero-order valence-corrected chi connectivity index (χ0v) is 13.3. The Morgan fingerprint density at radius 2 is 0.941 bits per heavy atom. The molecular weight excluding hydrogens is 251 g/mol. The molecule has 0 radical (unpaired) electrons. The van der Waals surface area contributed by atoms with Gasteiger partial charge in [0.05, 0.1) is 0 Å². The number of unbranched alkanes of at least 4 members (excludes halogenated alkanes) is 8. The van der Waals surface area contributed by atoms with Crippen LogP contribution in [0.25, 0.3) is 0 Å². The van der Waals surface area contributed by atoms with E-state index in [4.69, 9.17) is 23.2 Å². The van der Waals surface area contributed by atoms with Crippen LogP contribution in [0.15, 0.2) is 0 Å². The highest BCUT2D eigenvalue weighted by Crippen LogP contribution is 2.33. The average molecular weight is 281 g/mol. The first-order valence-corrected chi connectivity index (χ1v) is 8.26. The summed E-state index contributed by atoms with van der Waals surface area (Å²) in [5.74, 6) is 0. The van der Waals surface area contributed by atoms with E-state index >= 15 is 0 Å². The molecule has 0 aromatic rings. The van der Waals surface area contributed by atoms with Crippen molar-refractivity contribution in [1.82, 2.24) is 0 Å². The Kier molecular flexibility index (Phi) is 12.1. The molecule has 0 aliphatic heterocycles. The summed E-state index contributed by atoms with van der Waals surface area (Å²) in [6, 6.07) is 0. The lowest BCUT2D eigenvalue weighted by Crippen LogP contribution is -2.12. The molecule has 17 heavy (non-hydrogen) atoms. The fraction of sp³-hybridized carbons (Fsp3) is 1.00. The summed E-state index contributed by atoms with van der Waals surface area (Å²) in [5.41, 5.74) is 0. The number of alkyl halides is 2. The van der Waals surface area contributed by atoms with Crippen molar-refractivity contribution in [2.45, 2.75) is 95.2 Å². The van der Waals surface area contributed by atoms with Crippen molar-refractivity contribution in [2.75, 3.05) is 0 Å². The topological polar surface area (TPSA) is 0 Å². The summed E-state index contributed by atoms with van der Waals surface area (Å²) >= 11 is 12.7. The molecule has 104 valence electrons. The smallest absolute Gasteiger partial charge is 0.102 e. The van der Waals surface area contributed by atoms with Gasteiger partial charge in [-0.15, -0.1) is 23.2 Å². The highest BCUT2D eigenvalue weighted by molar-refractivity contribution is 6.48. The highest BCUT2D eigenvalue weighted by Gasteiger charge is 2.22. The van der Waals surface area contributed by atoms with Gasteiger partial charge in [-0.2, -0.15) is 0 Å². The number of hydrogen-bond acceptors (Lipinski definition) is 0. The molecule has 0 saturated heterocycles. The van der Waals surface area contributed by atoms with Crippen molar-refractivity contribution in [3.05, 3.63) is 0 Å². The molecular formula is C15H30Cl2. The van der Waals surface area contributed by atoms with Crippen molar-refractivity contribution in [3.63, 3.8) is 0 Å². The van der Waals surface area contributed by atoms with Crippen molar-refractivity contribution >= 4 is 23.2 Å². The van der Waals surface area contributed by atoms with Crippen molar-refractivity contribution in [3.8, 4) is 0 Å². The maximum Gasteiger partial charge on any atom is 0.118 e. The Labute approximate surface area is 118 Å². The Balaban J connectivity index is 3.38. The maximum absolute atomic E-state index is 6.33. The second-order valence-corrected chi connectivity index (χ2v) is 6.82. The number of rotatable bonds is 12. The first-order chi connectivity index (χ1) is 8.12. The SMILES string of the molecule is CCCCCCCC(Cl)(Cl)CCCCCCC. The normalized spacial score (nSPS) is 12.0. The van der Waals surface area contributed by atoms with Crippen LogP contribution in [0.1, 0.15) is 90.9 Å². The van der Waals surface area contributed by atoms with Crippen LogP contribution in [-0.4, -0.2) is 4.33 Å². The maximum atomic E-state index is 6.33. The standard InChI is InChI=1S/C15H30Cl2/c1-3-5-7-9-11-13-15(16,17)14-12-10-8-6-4-2/h3-14H2,1-2H3. The third-order valence-corrected chi connectivity index (χ3v) is 4.05. The molecule has 0 aliphatic carbocycles. The predicted molar refractivity (Wildman–Crippen MR) is 81.2 cm³/mol. The summed E-state index contributed by atoms with van der Waals surface area (Å²) < 4.78 is -0.460. The fourth-order valence-corrected chi connectivity index (χ4v) is 2.63. The van der Waals surface area contributed by atoms with Gasteiger partial charge in [0.1, 0.15) is 4.33 Å². The lowest BCUT2D eigenvalue weighted by atomic mass is 10.0. The monoisotopic (exact) mass is 280 g/mol. The third-order valence-electron chi connectivity index (χ3n) is 3.29. The van der Waals surface area contributed by atoms with Gasteiger partial charge >= 0.3 is 0 Å². The van der Waals surface area contributed by atoms with Crippen LogP contribution in [0.4, 0.5) is 0 Å². The predicted octanol–water partition coefficient (Wildman–Crippen LogP) is 6.88. The minimum atomic E-state index is -0.460. The second kappa shape index (κ2) is 11.7. The first kappa shape index (κ1) is 17.6. The van der Waals surface area contributed by atoms with Gasteiger partial charge in [0, 0.05) is 0 Å². The summed E-state index contributed by atoms with van der Waals surface area (Å²) in [6.07, 6.45) is 14.8. The van der Waals surface area contributed by atoms with Gasteiger partial charge in [-0.1, -0.05) is 78.1 Å². The average Bonchev–Trinajstić information content (AvgIpc) is 2.28. The molecule has 0 nitrogen and oxygen atoms in total. The quantitative estimate of drug-likeness (QED) is 0.270. The van der Waals surface area contributed by atoms with E-state index in [2.05, 4.69) is 13.8 Å². The molecule has 0 aliphatic rings. The van der Waals surface area contributed by atoms with Crippen LogP contribution in [-0.2, 0) is 0 Å². The molecule has 0 aromatic carbocycles. The highest BCUT2D eigenvalue weighted by atomic mass is 35.5. The second-order valence-electron chi connectivity index (χ2n) is 5.18. The van der Waals surface area contributed by atoms with Gasteiger partial charge in [0.25, 0.3) is 0 Å². The van der Waals surface area contributed by atoms with Gasteiger partial charge in [0.15, 0.2) is 0 Å².